The van der Waals surface area contributed by atoms with Gasteiger partial charge in [-0.3, -0.25) is 9.69 Å². The lowest BCUT2D eigenvalue weighted by molar-refractivity contribution is -0.136. The fraction of sp³-hybridized carbons (Fsp3) is 0.294. The first-order chi connectivity index (χ1) is 12.0. The molecule has 2 aromatic rings. The van der Waals surface area contributed by atoms with Gasteiger partial charge in [0.2, 0.25) is 0 Å². The van der Waals surface area contributed by atoms with Crippen molar-refractivity contribution in [2.75, 3.05) is 13.1 Å². The number of hydrogen-bond acceptors (Lipinski definition) is 6. The Balaban J connectivity index is 1.72. The van der Waals surface area contributed by atoms with Crippen LogP contribution in [0, 0.1) is 6.92 Å². The van der Waals surface area contributed by atoms with Crippen molar-refractivity contribution in [3.8, 4) is 10.6 Å². The van der Waals surface area contributed by atoms with Crippen LogP contribution in [0.25, 0.3) is 10.6 Å². The van der Waals surface area contributed by atoms with Crippen molar-refractivity contribution in [2.45, 2.75) is 20.0 Å². The zero-order valence-electron chi connectivity index (χ0n) is 13.8. The first kappa shape index (κ1) is 17.1. The Morgan fingerprint density at radius 2 is 2.04 bits per heavy atom. The van der Waals surface area contributed by atoms with E-state index in [1.54, 1.807) is 6.92 Å². The largest absolute Gasteiger partial charge is 0.448 e. The van der Waals surface area contributed by atoms with Crippen LogP contribution in [0.1, 0.15) is 22.3 Å². The molecule has 130 valence electrons. The highest BCUT2D eigenvalue weighted by Gasteiger charge is 2.32. The monoisotopic (exact) mass is 359 g/mol. The maximum absolute atomic E-state index is 12.4. The molecule has 1 aromatic carbocycles. The molecule has 3 rings (SSSR count). The van der Waals surface area contributed by atoms with Gasteiger partial charge >= 0.3 is 12.0 Å². The molecule has 1 aliphatic heterocycles. The fourth-order valence-electron chi connectivity index (χ4n) is 2.46. The summed E-state index contributed by atoms with van der Waals surface area (Å²) in [7, 11) is 0. The molecule has 2 heterocycles. The van der Waals surface area contributed by atoms with Crippen LogP contribution in [0.2, 0.25) is 0 Å². The lowest BCUT2D eigenvalue weighted by Crippen LogP contribution is -2.41. The standard InChI is InChI=1S/C17H17N3O4S/c1-10-13(25-14(19-10)12-6-4-3-5-7-12)16(22)24-11(2)15(21)20-9-8-18-17(20)23/h3-7,11H,8-9H2,1-2H3,(H,18,23)/t11-/m0/s1. The number of ether oxygens (including phenoxy) is 1. The number of benzene rings is 1. The molecule has 1 atom stereocenters. The van der Waals surface area contributed by atoms with E-state index < -0.39 is 24.0 Å². The van der Waals surface area contributed by atoms with Gasteiger partial charge in [0.25, 0.3) is 5.91 Å². The van der Waals surface area contributed by atoms with Crippen LogP contribution >= 0.6 is 11.3 Å². The summed E-state index contributed by atoms with van der Waals surface area (Å²) in [5.74, 6) is -1.15. The molecule has 8 heteroatoms. The lowest BCUT2D eigenvalue weighted by Gasteiger charge is -2.17. The molecule has 1 aromatic heterocycles. The molecule has 1 fully saturated rings. The zero-order chi connectivity index (χ0) is 18.0. The molecule has 0 radical (unpaired) electrons. The van der Waals surface area contributed by atoms with Crippen LogP contribution in [-0.4, -0.2) is 47.0 Å². The maximum Gasteiger partial charge on any atom is 0.351 e. The number of carbonyl (C=O) groups is 3. The number of aryl methyl sites for hydroxylation is 1. The van der Waals surface area contributed by atoms with E-state index in [1.165, 1.54) is 18.3 Å². The molecular formula is C17H17N3O4S. The summed E-state index contributed by atoms with van der Waals surface area (Å²) in [6, 6.07) is 9.05. The Labute approximate surface area is 148 Å². The van der Waals surface area contributed by atoms with Crippen molar-refractivity contribution in [3.63, 3.8) is 0 Å². The van der Waals surface area contributed by atoms with Crippen LogP contribution in [0.4, 0.5) is 4.79 Å². The number of imide groups is 1. The minimum absolute atomic E-state index is 0.275. The highest BCUT2D eigenvalue weighted by atomic mass is 32.1. The van der Waals surface area contributed by atoms with Crippen molar-refractivity contribution in [2.24, 2.45) is 0 Å². The summed E-state index contributed by atoms with van der Waals surface area (Å²) >= 11 is 1.22. The summed E-state index contributed by atoms with van der Waals surface area (Å²) < 4.78 is 5.25. The first-order valence-electron chi connectivity index (χ1n) is 7.80. The van der Waals surface area contributed by atoms with E-state index in [1.807, 2.05) is 30.3 Å². The molecule has 0 unspecified atom stereocenters. The van der Waals surface area contributed by atoms with Gasteiger partial charge in [-0.15, -0.1) is 11.3 Å². The molecule has 1 N–H and O–H groups in total. The van der Waals surface area contributed by atoms with Crippen molar-refractivity contribution >= 4 is 29.2 Å². The van der Waals surface area contributed by atoms with Crippen molar-refractivity contribution in [1.82, 2.24) is 15.2 Å². The lowest BCUT2D eigenvalue weighted by atomic mass is 10.2. The molecule has 0 bridgehead atoms. The average molecular weight is 359 g/mol. The number of aromatic nitrogens is 1. The number of esters is 1. The Morgan fingerprint density at radius 3 is 2.68 bits per heavy atom. The van der Waals surface area contributed by atoms with Gasteiger partial charge in [0, 0.05) is 18.7 Å². The highest BCUT2D eigenvalue weighted by Crippen LogP contribution is 2.28. The topological polar surface area (TPSA) is 88.6 Å². The van der Waals surface area contributed by atoms with Gasteiger partial charge in [0.1, 0.15) is 9.88 Å². The Morgan fingerprint density at radius 1 is 1.32 bits per heavy atom. The van der Waals surface area contributed by atoms with E-state index >= 15 is 0 Å². The molecule has 1 aliphatic rings. The summed E-state index contributed by atoms with van der Waals surface area (Å²) in [5.41, 5.74) is 1.46. The third-order valence-electron chi connectivity index (χ3n) is 3.76. The quantitative estimate of drug-likeness (QED) is 0.846. The van der Waals surface area contributed by atoms with Crippen LogP contribution in [0.3, 0.4) is 0 Å². The number of thiazole rings is 1. The number of nitrogens with zero attached hydrogens (tertiary/aromatic N) is 2. The minimum atomic E-state index is -1.04. The summed E-state index contributed by atoms with van der Waals surface area (Å²) in [4.78, 5) is 41.9. The second-order valence-electron chi connectivity index (χ2n) is 5.57. The number of rotatable bonds is 4. The number of amides is 3. The second kappa shape index (κ2) is 7.02. The van der Waals surface area contributed by atoms with Gasteiger partial charge in [-0.05, 0) is 13.8 Å². The highest BCUT2D eigenvalue weighted by molar-refractivity contribution is 7.17. The average Bonchev–Trinajstić information content (AvgIpc) is 3.20. The van der Waals surface area contributed by atoms with Crippen molar-refractivity contribution in [3.05, 3.63) is 40.9 Å². The van der Waals surface area contributed by atoms with Crippen LogP contribution in [-0.2, 0) is 9.53 Å². The zero-order valence-corrected chi connectivity index (χ0v) is 14.6. The van der Waals surface area contributed by atoms with Gasteiger partial charge in [-0.1, -0.05) is 30.3 Å². The summed E-state index contributed by atoms with van der Waals surface area (Å²) in [6.07, 6.45) is -1.04. The SMILES string of the molecule is Cc1nc(-c2ccccc2)sc1C(=O)O[C@@H](C)C(=O)N1CCNC1=O. The van der Waals surface area contributed by atoms with Gasteiger partial charge < -0.3 is 10.1 Å². The molecule has 1 saturated heterocycles. The van der Waals surface area contributed by atoms with Gasteiger partial charge in [-0.2, -0.15) is 0 Å². The molecular weight excluding hydrogens is 342 g/mol. The number of nitrogens with one attached hydrogen (secondary N) is 1. The van der Waals surface area contributed by atoms with E-state index in [-0.39, 0.29) is 6.54 Å². The molecule has 7 nitrogen and oxygen atoms in total. The maximum atomic E-state index is 12.4. The third kappa shape index (κ3) is 3.53. The second-order valence-corrected chi connectivity index (χ2v) is 6.57. The van der Waals surface area contributed by atoms with E-state index in [0.29, 0.717) is 22.1 Å². The van der Waals surface area contributed by atoms with Crippen LogP contribution < -0.4 is 5.32 Å². The van der Waals surface area contributed by atoms with Gasteiger partial charge in [0.05, 0.1) is 5.69 Å². The third-order valence-corrected chi connectivity index (χ3v) is 4.94. The normalized spacial score (nSPS) is 15.0. The smallest absolute Gasteiger partial charge is 0.351 e. The number of carbonyl (C=O) groups excluding carboxylic acids is 3. The Kier molecular flexibility index (Phi) is 4.80. The van der Waals surface area contributed by atoms with Crippen molar-refractivity contribution in [1.29, 1.82) is 0 Å². The van der Waals surface area contributed by atoms with E-state index in [4.69, 9.17) is 4.74 Å². The number of urea groups is 1. The Bertz CT molecular complexity index is 819. The van der Waals surface area contributed by atoms with Crippen LogP contribution in [0.15, 0.2) is 30.3 Å². The van der Waals surface area contributed by atoms with Crippen molar-refractivity contribution < 1.29 is 19.1 Å². The molecule has 0 aliphatic carbocycles. The van der Waals surface area contributed by atoms with Gasteiger partial charge in [-0.25, -0.2) is 14.6 Å². The van der Waals surface area contributed by atoms with Crippen LogP contribution in [0.5, 0.6) is 0 Å². The van der Waals surface area contributed by atoms with E-state index in [2.05, 4.69) is 10.3 Å². The Hall–Kier alpha value is -2.74. The predicted octanol–water partition coefficient (Wildman–Crippen LogP) is 2.22. The van der Waals surface area contributed by atoms with E-state index in [0.717, 1.165) is 10.5 Å². The molecule has 25 heavy (non-hydrogen) atoms. The first-order valence-corrected chi connectivity index (χ1v) is 8.62. The fourth-order valence-corrected chi connectivity index (χ4v) is 3.41. The minimum Gasteiger partial charge on any atom is -0.448 e. The molecule has 0 saturated carbocycles. The summed E-state index contributed by atoms with van der Waals surface area (Å²) in [6.45, 7) is 3.86. The number of hydrogen-bond donors (Lipinski definition) is 1. The van der Waals surface area contributed by atoms with Gasteiger partial charge in [0.15, 0.2) is 6.10 Å². The molecule has 0 spiro atoms. The summed E-state index contributed by atoms with van der Waals surface area (Å²) in [5, 5.41) is 3.25. The molecule has 3 amide bonds. The predicted molar refractivity (Wildman–Crippen MR) is 92.3 cm³/mol. The van der Waals surface area contributed by atoms with E-state index in [9.17, 15) is 14.4 Å².